The summed E-state index contributed by atoms with van der Waals surface area (Å²) in [4.78, 5) is 12.3. The van der Waals surface area contributed by atoms with Gasteiger partial charge in [0.05, 0.1) is 0 Å². The Kier molecular flexibility index (Phi) is 6.01. The van der Waals surface area contributed by atoms with Gasteiger partial charge in [0.2, 0.25) is 5.91 Å². The first-order valence-corrected chi connectivity index (χ1v) is 8.59. The average molecular weight is 302 g/mol. The van der Waals surface area contributed by atoms with Gasteiger partial charge in [-0.3, -0.25) is 4.79 Å². The third-order valence-corrected chi connectivity index (χ3v) is 5.07. The normalized spacial score (nSPS) is 19.9. The van der Waals surface area contributed by atoms with Gasteiger partial charge in [-0.25, -0.2) is 0 Å². The van der Waals surface area contributed by atoms with E-state index >= 15 is 0 Å². The number of carbonyl (C=O) groups is 1. The molecule has 2 N–H and O–H groups in total. The first-order valence-electron chi connectivity index (χ1n) is 8.59. The molecular weight excluding hydrogens is 272 g/mol. The van der Waals surface area contributed by atoms with E-state index in [1.54, 1.807) is 0 Å². The molecule has 0 spiro atoms. The molecule has 22 heavy (non-hydrogen) atoms. The van der Waals surface area contributed by atoms with E-state index in [1.165, 1.54) is 12.0 Å². The van der Waals surface area contributed by atoms with E-state index < -0.39 is 0 Å². The molecule has 1 aliphatic heterocycles. The van der Waals surface area contributed by atoms with E-state index in [4.69, 9.17) is 0 Å². The number of amides is 1. The van der Waals surface area contributed by atoms with Crippen LogP contribution in [0.25, 0.3) is 0 Å². The molecule has 3 heteroatoms. The van der Waals surface area contributed by atoms with Crippen LogP contribution in [0.15, 0.2) is 30.3 Å². The molecule has 1 saturated heterocycles. The van der Waals surface area contributed by atoms with Crippen LogP contribution in [0.3, 0.4) is 0 Å². The van der Waals surface area contributed by atoms with Crippen molar-refractivity contribution in [1.29, 1.82) is 0 Å². The Balaban J connectivity index is 1.91. The van der Waals surface area contributed by atoms with Crippen molar-refractivity contribution in [3.63, 3.8) is 0 Å². The van der Waals surface area contributed by atoms with Crippen LogP contribution in [0.5, 0.6) is 0 Å². The van der Waals surface area contributed by atoms with Crippen LogP contribution >= 0.6 is 0 Å². The molecule has 1 amide bonds. The van der Waals surface area contributed by atoms with E-state index in [-0.39, 0.29) is 17.4 Å². The Bertz CT molecular complexity index is 464. The maximum Gasteiger partial charge on any atom is 0.220 e. The van der Waals surface area contributed by atoms with Crippen LogP contribution in [0, 0.1) is 5.92 Å². The van der Waals surface area contributed by atoms with Gasteiger partial charge in [0.1, 0.15) is 0 Å². The van der Waals surface area contributed by atoms with Crippen LogP contribution in [0.4, 0.5) is 0 Å². The summed E-state index contributed by atoms with van der Waals surface area (Å²) in [6, 6.07) is 10.6. The summed E-state index contributed by atoms with van der Waals surface area (Å²) in [7, 11) is 0. The molecule has 1 aliphatic rings. The van der Waals surface area contributed by atoms with E-state index in [9.17, 15) is 4.79 Å². The quantitative estimate of drug-likeness (QED) is 0.812. The first kappa shape index (κ1) is 17.0. The number of hydrogen-bond acceptors (Lipinski definition) is 2. The summed E-state index contributed by atoms with van der Waals surface area (Å²) in [6.45, 7) is 8.76. The molecule has 2 unspecified atom stereocenters. The number of rotatable bonds is 7. The van der Waals surface area contributed by atoms with Gasteiger partial charge in [0.15, 0.2) is 0 Å². The lowest BCUT2D eigenvalue weighted by molar-refractivity contribution is -0.122. The lowest BCUT2D eigenvalue weighted by Gasteiger charge is -2.35. The minimum Gasteiger partial charge on any atom is -0.353 e. The van der Waals surface area contributed by atoms with Crippen molar-refractivity contribution in [2.24, 2.45) is 5.92 Å². The van der Waals surface area contributed by atoms with E-state index in [0.29, 0.717) is 12.3 Å². The first-order chi connectivity index (χ1) is 10.5. The highest BCUT2D eigenvalue weighted by atomic mass is 16.1. The highest BCUT2D eigenvalue weighted by Gasteiger charge is 2.31. The Morgan fingerprint density at radius 2 is 2.09 bits per heavy atom. The molecule has 0 radical (unpaired) electrons. The summed E-state index contributed by atoms with van der Waals surface area (Å²) in [6.07, 6.45) is 3.80. The van der Waals surface area contributed by atoms with Crippen LogP contribution < -0.4 is 10.6 Å². The van der Waals surface area contributed by atoms with Gasteiger partial charge in [0.25, 0.3) is 0 Å². The number of benzene rings is 1. The summed E-state index contributed by atoms with van der Waals surface area (Å²) < 4.78 is 0. The Labute approximate surface area is 134 Å². The molecule has 1 fully saturated rings. The lowest BCUT2D eigenvalue weighted by atomic mass is 9.76. The maximum atomic E-state index is 12.3. The van der Waals surface area contributed by atoms with Crippen molar-refractivity contribution >= 4 is 5.91 Å². The van der Waals surface area contributed by atoms with Crippen LogP contribution in [0.1, 0.15) is 52.0 Å². The smallest absolute Gasteiger partial charge is 0.220 e. The fraction of sp³-hybridized carbons (Fsp3) is 0.632. The number of carbonyl (C=O) groups excluding carboxylic acids is 1. The Morgan fingerprint density at radius 3 is 2.68 bits per heavy atom. The van der Waals surface area contributed by atoms with Gasteiger partial charge in [-0.05, 0) is 43.8 Å². The molecule has 2 atom stereocenters. The predicted molar refractivity (Wildman–Crippen MR) is 91.9 cm³/mol. The molecule has 1 aromatic rings. The molecule has 3 nitrogen and oxygen atoms in total. The largest absolute Gasteiger partial charge is 0.353 e. The molecule has 0 aliphatic carbocycles. The highest BCUT2D eigenvalue weighted by molar-refractivity contribution is 5.76. The number of hydrogen-bond donors (Lipinski definition) is 2. The second-order valence-corrected chi connectivity index (χ2v) is 7.01. The standard InChI is InChI=1S/C19H30N2O/c1-4-17(19(2,3)16-8-6-5-7-9-16)21-18(22)11-10-15-12-13-20-14-15/h5-9,15,17,20H,4,10-14H2,1-3H3,(H,21,22). The van der Waals surface area contributed by atoms with Crippen LogP contribution in [-0.4, -0.2) is 25.0 Å². The van der Waals surface area contributed by atoms with E-state index in [0.717, 1.165) is 25.9 Å². The summed E-state index contributed by atoms with van der Waals surface area (Å²) >= 11 is 0. The molecule has 0 aromatic heterocycles. The van der Waals surface area contributed by atoms with E-state index in [2.05, 4.69) is 55.7 Å². The van der Waals surface area contributed by atoms with Gasteiger partial charge in [0, 0.05) is 17.9 Å². The molecule has 0 bridgehead atoms. The van der Waals surface area contributed by atoms with Crippen molar-refractivity contribution in [3.05, 3.63) is 35.9 Å². The summed E-state index contributed by atoms with van der Waals surface area (Å²) in [5, 5.41) is 6.63. The predicted octanol–water partition coefficient (Wildman–Crippen LogP) is 3.25. The minimum atomic E-state index is -0.0550. The van der Waals surface area contributed by atoms with Crippen molar-refractivity contribution in [2.45, 2.75) is 57.9 Å². The summed E-state index contributed by atoms with van der Waals surface area (Å²) in [5.41, 5.74) is 1.22. The fourth-order valence-corrected chi connectivity index (χ4v) is 3.42. The molecule has 1 aromatic carbocycles. The topological polar surface area (TPSA) is 41.1 Å². The average Bonchev–Trinajstić information content (AvgIpc) is 3.04. The molecule has 1 heterocycles. The zero-order valence-corrected chi connectivity index (χ0v) is 14.2. The van der Waals surface area contributed by atoms with Crippen LogP contribution in [-0.2, 0) is 10.2 Å². The minimum absolute atomic E-state index is 0.0550. The van der Waals surface area contributed by atoms with Crippen molar-refractivity contribution in [3.8, 4) is 0 Å². The summed E-state index contributed by atoms with van der Waals surface area (Å²) in [5.74, 6) is 0.871. The molecule has 0 saturated carbocycles. The Morgan fingerprint density at radius 1 is 1.36 bits per heavy atom. The zero-order valence-electron chi connectivity index (χ0n) is 14.2. The lowest BCUT2D eigenvalue weighted by Crippen LogP contribution is -2.47. The second-order valence-electron chi connectivity index (χ2n) is 7.01. The molecular formula is C19H30N2O. The third kappa shape index (κ3) is 4.33. The second kappa shape index (κ2) is 7.77. The molecule has 122 valence electrons. The third-order valence-electron chi connectivity index (χ3n) is 5.07. The Hall–Kier alpha value is -1.35. The van der Waals surface area contributed by atoms with Crippen molar-refractivity contribution < 1.29 is 4.79 Å². The van der Waals surface area contributed by atoms with Crippen molar-refractivity contribution in [1.82, 2.24) is 10.6 Å². The van der Waals surface area contributed by atoms with Gasteiger partial charge in [-0.2, -0.15) is 0 Å². The highest BCUT2D eigenvalue weighted by Crippen LogP contribution is 2.28. The maximum absolute atomic E-state index is 12.3. The van der Waals surface area contributed by atoms with Gasteiger partial charge in [-0.15, -0.1) is 0 Å². The number of nitrogens with one attached hydrogen (secondary N) is 2. The van der Waals surface area contributed by atoms with Gasteiger partial charge in [-0.1, -0.05) is 51.1 Å². The zero-order chi connectivity index (χ0) is 16.0. The fourth-order valence-electron chi connectivity index (χ4n) is 3.42. The molecule has 2 rings (SSSR count). The van der Waals surface area contributed by atoms with Gasteiger partial charge >= 0.3 is 0 Å². The van der Waals surface area contributed by atoms with Gasteiger partial charge < -0.3 is 10.6 Å². The van der Waals surface area contributed by atoms with E-state index in [1.807, 2.05) is 6.07 Å². The SMILES string of the molecule is CCC(NC(=O)CCC1CCNC1)C(C)(C)c1ccccc1. The van der Waals surface area contributed by atoms with Crippen LogP contribution in [0.2, 0.25) is 0 Å². The van der Waals surface area contributed by atoms with Crippen molar-refractivity contribution in [2.75, 3.05) is 13.1 Å². The monoisotopic (exact) mass is 302 g/mol.